The summed E-state index contributed by atoms with van der Waals surface area (Å²) < 4.78 is 1.92. The third kappa shape index (κ3) is 5.52. The van der Waals surface area contributed by atoms with Gasteiger partial charge >= 0.3 is 0 Å². The van der Waals surface area contributed by atoms with Gasteiger partial charge in [0.15, 0.2) is 0 Å². The summed E-state index contributed by atoms with van der Waals surface area (Å²) in [6.07, 6.45) is 0.842. The first-order chi connectivity index (χ1) is 10.1. The highest BCUT2D eigenvalue weighted by Gasteiger charge is 2.04. The van der Waals surface area contributed by atoms with Crippen LogP contribution >= 0.6 is 31.9 Å². The van der Waals surface area contributed by atoms with Crippen molar-refractivity contribution in [2.24, 2.45) is 0 Å². The van der Waals surface area contributed by atoms with Gasteiger partial charge < -0.3 is 10.6 Å². The monoisotopic (exact) mass is 410 g/mol. The van der Waals surface area contributed by atoms with Gasteiger partial charge in [0.05, 0.1) is 6.54 Å². The molecule has 2 N–H and O–H groups in total. The van der Waals surface area contributed by atoms with E-state index in [2.05, 4.69) is 54.6 Å². The summed E-state index contributed by atoms with van der Waals surface area (Å²) in [5.41, 5.74) is 2.12. The van der Waals surface area contributed by atoms with Crippen molar-refractivity contribution >= 4 is 43.5 Å². The van der Waals surface area contributed by atoms with Crippen LogP contribution in [-0.2, 0) is 11.2 Å². The Morgan fingerprint density at radius 1 is 1.05 bits per heavy atom. The maximum Gasteiger partial charge on any atom is 0.239 e. The standard InChI is InChI=1S/C16H16Br2N2O/c17-13-6-7-15(14(18)10-13)20-11-16(21)19-9-8-12-4-2-1-3-5-12/h1-7,10,20H,8-9,11H2,(H,19,21). The predicted molar refractivity (Wildman–Crippen MR) is 93.5 cm³/mol. The van der Waals surface area contributed by atoms with Crippen LogP contribution in [0.3, 0.4) is 0 Å². The van der Waals surface area contributed by atoms with Crippen LogP contribution in [0.1, 0.15) is 5.56 Å². The Labute approximate surface area is 141 Å². The van der Waals surface area contributed by atoms with Crippen LogP contribution in [0.4, 0.5) is 5.69 Å². The zero-order valence-corrected chi connectivity index (χ0v) is 14.6. The van der Waals surface area contributed by atoms with Crippen molar-refractivity contribution in [1.82, 2.24) is 5.32 Å². The lowest BCUT2D eigenvalue weighted by Gasteiger charge is -2.09. The number of carbonyl (C=O) groups is 1. The maximum absolute atomic E-state index is 11.8. The molecule has 0 bridgehead atoms. The molecule has 0 saturated heterocycles. The first-order valence-corrected chi connectivity index (χ1v) is 8.23. The van der Waals surface area contributed by atoms with Crippen molar-refractivity contribution in [3.8, 4) is 0 Å². The molecule has 110 valence electrons. The Bertz CT molecular complexity index is 602. The van der Waals surface area contributed by atoms with Gasteiger partial charge in [-0.25, -0.2) is 0 Å². The third-order valence-corrected chi connectivity index (χ3v) is 4.10. The van der Waals surface area contributed by atoms with E-state index in [1.807, 2.05) is 36.4 Å². The van der Waals surface area contributed by atoms with Gasteiger partial charge in [0.1, 0.15) is 0 Å². The maximum atomic E-state index is 11.8. The first kappa shape index (κ1) is 16.0. The minimum atomic E-state index is -0.0132. The second-order valence-electron chi connectivity index (χ2n) is 4.56. The van der Waals surface area contributed by atoms with Gasteiger partial charge in [0.2, 0.25) is 5.91 Å². The number of hydrogen-bond donors (Lipinski definition) is 2. The fourth-order valence-electron chi connectivity index (χ4n) is 1.86. The molecule has 0 saturated carbocycles. The van der Waals surface area contributed by atoms with E-state index in [4.69, 9.17) is 0 Å². The summed E-state index contributed by atoms with van der Waals surface area (Å²) in [7, 11) is 0. The molecule has 5 heteroatoms. The van der Waals surface area contributed by atoms with E-state index in [1.165, 1.54) is 5.56 Å². The molecule has 0 fully saturated rings. The molecule has 2 aromatic carbocycles. The van der Waals surface area contributed by atoms with Crippen molar-refractivity contribution in [2.75, 3.05) is 18.4 Å². The molecule has 0 aliphatic heterocycles. The van der Waals surface area contributed by atoms with Gasteiger partial charge in [-0.05, 0) is 46.1 Å². The second-order valence-corrected chi connectivity index (χ2v) is 6.33. The summed E-state index contributed by atoms with van der Waals surface area (Å²) in [5, 5.41) is 6.02. The zero-order chi connectivity index (χ0) is 15.1. The van der Waals surface area contributed by atoms with Crippen molar-refractivity contribution < 1.29 is 4.79 Å². The Kier molecular flexibility index (Phi) is 6.26. The lowest BCUT2D eigenvalue weighted by molar-refractivity contribution is -0.119. The van der Waals surface area contributed by atoms with E-state index in [-0.39, 0.29) is 12.5 Å². The van der Waals surface area contributed by atoms with Crippen LogP contribution in [0.2, 0.25) is 0 Å². The normalized spacial score (nSPS) is 10.2. The molecule has 3 nitrogen and oxygen atoms in total. The highest BCUT2D eigenvalue weighted by molar-refractivity contribution is 9.11. The molecule has 0 aliphatic carbocycles. The number of carbonyl (C=O) groups excluding carboxylic acids is 1. The quantitative estimate of drug-likeness (QED) is 0.754. The number of benzene rings is 2. The highest BCUT2D eigenvalue weighted by Crippen LogP contribution is 2.25. The van der Waals surface area contributed by atoms with E-state index in [9.17, 15) is 4.79 Å². The SMILES string of the molecule is O=C(CNc1ccc(Br)cc1Br)NCCc1ccccc1. The van der Waals surface area contributed by atoms with E-state index in [0.29, 0.717) is 6.54 Å². The molecule has 21 heavy (non-hydrogen) atoms. The summed E-state index contributed by atoms with van der Waals surface area (Å²) in [6, 6.07) is 15.9. The van der Waals surface area contributed by atoms with E-state index in [1.54, 1.807) is 0 Å². The average Bonchev–Trinajstić information content (AvgIpc) is 2.47. The lowest BCUT2D eigenvalue weighted by Crippen LogP contribution is -2.31. The van der Waals surface area contributed by atoms with Crippen LogP contribution in [0.5, 0.6) is 0 Å². The van der Waals surface area contributed by atoms with Gasteiger partial charge in [-0.1, -0.05) is 46.3 Å². The number of hydrogen-bond acceptors (Lipinski definition) is 2. The number of rotatable bonds is 6. The molecule has 2 rings (SSSR count). The van der Waals surface area contributed by atoms with Gasteiger partial charge in [-0.3, -0.25) is 4.79 Å². The Morgan fingerprint density at radius 2 is 1.81 bits per heavy atom. The van der Waals surface area contributed by atoms with E-state index < -0.39 is 0 Å². The molecule has 0 heterocycles. The summed E-state index contributed by atoms with van der Waals surface area (Å²) >= 11 is 6.85. The summed E-state index contributed by atoms with van der Waals surface area (Å²) in [4.78, 5) is 11.8. The highest BCUT2D eigenvalue weighted by atomic mass is 79.9. The molecule has 0 aromatic heterocycles. The minimum Gasteiger partial charge on any atom is -0.375 e. The number of amides is 1. The van der Waals surface area contributed by atoms with Crippen LogP contribution in [-0.4, -0.2) is 19.0 Å². The summed E-state index contributed by atoms with van der Waals surface area (Å²) in [5.74, 6) is -0.0132. The number of nitrogens with one attached hydrogen (secondary N) is 2. The fraction of sp³-hybridized carbons (Fsp3) is 0.188. The second kappa shape index (κ2) is 8.20. The molecule has 1 amide bonds. The van der Waals surface area contributed by atoms with Crippen molar-refractivity contribution in [3.63, 3.8) is 0 Å². The van der Waals surface area contributed by atoms with Crippen LogP contribution in [0, 0.1) is 0 Å². The van der Waals surface area contributed by atoms with E-state index >= 15 is 0 Å². The molecule has 2 aromatic rings. The Morgan fingerprint density at radius 3 is 2.52 bits per heavy atom. The van der Waals surface area contributed by atoms with Crippen LogP contribution < -0.4 is 10.6 Å². The Balaban J connectivity index is 1.72. The molecular weight excluding hydrogens is 396 g/mol. The molecule has 0 unspecified atom stereocenters. The van der Waals surface area contributed by atoms with Crippen molar-refractivity contribution in [3.05, 3.63) is 63.0 Å². The minimum absolute atomic E-state index is 0.0132. The molecule has 0 radical (unpaired) electrons. The largest absolute Gasteiger partial charge is 0.375 e. The average molecular weight is 412 g/mol. The van der Waals surface area contributed by atoms with Crippen LogP contribution in [0.15, 0.2) is 57.5 Å². The molecule has 0 atom stereocenters. The topological polar surface area (TPSA) is 41.1 Å². The lowest BCUT2D eigenvalue weighted by atomic mass is 10.1. The van der Waals surface area contributed by atoms with E-state index in [0.717, 1.165) is 21.1 Å². The molecule has 0 spiro atoms. The number of anilines is 1. The van der Waals surface area contributed by atoms with Crippen molar-refractivity contribution in [1.29, 1.82) is 0 Å². The predicted octanol–water partition coefficient (Wildman–Crippen LogP) is 3.98. The fourth-order valence-corrected chi connectivity index (χ4v) is 3.05. The van der Waals surface area contributed by atoms with Crippen LogP contribution in [0.25, 0.3) is 0 Å². The zero-order valence-electron chi connectivity index (χ0n) is 11.4. The van der Waals surface area contributed by atoms with Gasteiger partial charge in [0, 0.05) is 21.2 Å². The smallest absolute Gasteiger partial charge is 0.239 e. The molecule has 0 aliphatic rings. The number of halogens is 2. The Hall–Kier alpha value is -1.33. The van der Waals surface area contributed by atoms with Gasteiger partial charge in [-0.15, -0.1) is 0 Å². The molecular formula is C16H16Br2N2O. The van der Waals surface area contributed by atoms with Gasteiger partial charge in [-0.2, -0.15) is 0 Å². The third-order valence-electron chi connectivity index (χ3n) is 2.95. The summed E-state index contributed by atoms with van der Waals surface area (Å²) in [6.45, 7) is 0.904. The van der Waals surface area contributed by atoms with Gasteiger partial charge in [0.25, 0.3) is 0 Å². The van der Waals surface area contributed by atoms with Crippen molar-refractivity contribution in [2.45, 2.75) is 6.42 Å². The first-order valence-electron chi connectivity index (χ1n) is 6.65.